The molecule has 150 valence electrons. The summed E-state index contributed by atoms with van der Waals surface area (Å²) in [7, 11) is 0. The van der Waals surface area contributed by atoms with Crippen LogP contribution in [-0.2, 0) is 0 Å². The minimum absolute atomic E-state index is 0.164. The minimum atomic E-state index is -1.02. The van der Waals surface area contributed by atoms with E-state index in [-0.39, 0.29) is 11.6 Å². The molecule has 4 rings (SSSR count). The number of imidazole rings is 1. The van der Waals surface area contributed by atoms with Gasteiger partial charge in [-0.3, -0.25) is 0 Å². The molecule has 6 nitrogen and oxygen atoms in total. The number of nitrogens with one attached hydrogen (secondary N) is 1. The molecule has 0 aliphatic carbocycles. The number of nitriles is 1. The number of carboxylic acids is 1. The van der Waals surface area contributed by atoms with Crippen LogP contribution in [0.15, 0.2) is 54.6 Å². The molecule has 3 aromatic carbocycles. The van der Waals surface area contributed by atoms with Crippen LogP contribution < -0.4 is 4.74 Å². The molecule has 1 heterocycles. The molecular weight excluding hydrogens is 414 g/mol. The lowest BCUT2D eigenvalue weighted by Gasteiger charge is -2.05. The third-order valence-electron chi connectivity index (χ3n) is 4.56. The van der Waals surface area contributed by atoms with Crippen LogP contribution in [0.25, 0.3) is 11.0 Å². The Labute approximate surface area is 182 Å². The standard InChI is InChI=1S/C24H14ClN3O3/c1-14-2-9-18(11-19(14)23(29)30)31-24-27-21-10-17(20(25)12-22(21)28-24)8-7-15-3-5-16(13-26)6-4-15/h2-6,9-12H,1H3,(H,27,28)(H,29,30). The van der Waals surface area contributed by atoms with Crippen molar-refractivity contribution in [1.29, 1.82) is 5.26 Å². The van der Waals surface area contributed by atoms with Crippen LogP contribution >= 0.6 is 11.6 Å². The Morgan fingerprint density at radius 2 is 1.84 bits per heavy atom. The van der Waals surface area contributed by atoms with Crippen molar-refractivity contribution in [3.05, 3.63) is 87.4 Å². The highest BCUT2D eigenvalue weighted by atomic mass is 35.5. The van der Waals surface area contributed by atoms with E-state index in [1.54, 1.807) is 55.5 Å². The van der Waals surface area contributed by atoms with Gasteiger partial charge in [0.2, 0.25) is 0 Å². The van der Waals surface area contributed by atoms with Crippen molar-refractivity contribution in [3.8, 4) is 29.7 Å². The summed E-state index contributed by atoms with van der Waals surface area (Å²) in [6.07, 6.45) is 0. The van der Waals surface area contributed by atoms with E-state index in [0.29, 0.717) is 38.5 Å². The summed E-state index contributed by atoms with van der Waals surface area (Å²) in [5, 5.41) is 18.6. The van der Waals surface area contributed by atoms with Crippen LogP contribution in [0.5, 0.6) is 11.8 Å². The zero-order valence-electron chi connectivity index (χ0n) is 16.2. The fourth-order valence-electron chi connectivity index (χ4n) is 2.93. The quantitative estimate of drug-likeness (QED) is 0.433. The third kappa shape index (κ3) is 4.35. The number of benzene rings is 3. The van der Waals surface area contributed by atoms with Gasteiger partial charge in [0.05, 0.1) is 33.3 Å². The molecule has 0 bridgehead atoms. The first-order chi connectivity index (χ1) is 14.9. The summed E-state index contributed by atoms with van der Waals surface area (Å²) in [5.74, 6) is 5.37. The van der Waals surface area contributed by atoms with Gasteiger partial charge in [-0.15, -0.1) is 0 Å². The van der Waals surface area contributed by atoms with Gasteiger partial charge in [-0.25, -0.2) is 4.79 Å². The van der Waals surface area contributed by atoms with Gasteiger partial charge in [0, 0.05) is 11.1 Å². The molecule has 0 fully saturated rings. The van der Waals surface area contributed by atoms with E-state index in [1.165, 1.54) is 6.07 Å². The molecule has 31 heavy (non-hydrogen) atoms. The van der Waals surface area contributed by atoms with Gasteiger partial charge < -0.3 is 14.8 Å². The number of carboxylic acid groups (broad SMARTS) is 1. The topological polar surface area (TPSA) is 99.0 Å². The maximum absolute atomic E-state index is 11.3. The highest BCUT2D eigenvalue weighted by Crippen LogP contribution is 2.27. The molecule has 7 heteroatoms. The van der Waals surface area contributed by atoms with E-state index in [4.69, 9.17) is 21.6 Å². The zero-order valence-corrected chi connectivity index (χ0v) is 17.0. The van der Waals surface area contributed by atoms with Gasteiger partial charge >= 0.3 is 5.97 Å². The number of hydrogen-bond acceptors (Lipinski definition) is 4. The molecule has 0 saturated heterocycles. The number of fused-ring (bicyclic) bond motifs is 1. The Balaban J connectivity index is 1.62. The molecule has 2 N–H and O–H groups in total. The Bertz CT molecular complexity index is 1420. The average molecular weight is 428 g/mol. The number of hydrogen-bond donors (Lipinski definition) is 2. The summed E-state index contributed by atoms with van der Waals surface area (Å²) in [5.41, 5.74) is 4.00. The second-order valence-electron chi connectivity index (χ2n) is 6.71. The van der Waals surface area contributed by atoms with Crippen LogP contribution in [0.1, 0.15) is 32.6 Å². The van der Waals surface area contributed by atoms with Crippen LogP contribution in [-0.4, -0.2) is 21.0 Å². The van der Waals surface area contributed by atoms with Gasteiger partial charge in [-0.05, 0) is 61.0 Å². The van der Waals surface area contributed by atoms with E-state index in [9.17, 15) is 9.90 Å². The van der Waals surface area contributed by atoms with E-state index in [2.05, 4.69) is 27.9 Å². The number of aromatic amines is 1. The normalized spacial score (nSPS) is 10.2. The van der Waals surface area contributed by atoms with Crippen molar-refractivity contribution in [2.75, 3.05) is 0 Å². The third-order valence-corrected chi connectivity index (χ3v) is 4.87. The number of aromatic nitrogens is 2. The van der Waals surface area contributed by atoms with E-state index < -0.39 is 5.97 Å². The van der Waals surface area contributed by atoms with Gasteiger partial charge in [0.1, 0.15) is 5.75 Å². The van der Waals surface area contributed by atoms with Crippen molar-refractivity contribution >= 4 is 28.6 Å². The number of ether oxygens (including phenoxy) is 1. The molecule has 0 spiro atoms. The molecule has 0 atom stereocenters. The fraction of sp³-hybridized carbons (Fsp3) is 0.0417. The van der Waals surface area contributed by atoms with E-state index in [0.717, 1.165) is 5.56 Å². The fourth-order valence-corrected chi connectivity index (χ4v) is 3.14. The molecular formula is C24H14ClN3O3. The van der Waals surface area contributed by atoms with Crippen molar-refractivity contribution in [2.45, 2.75) is 6.92 Å². The monoisotopic (exact) mass is 427 g/mol. The Morgan fingerprint density at radius 1 is 1.10 bits per heavy atom. The molecule has 0 saturated carbocycles. The van der Waals surface area contributed by atoms with Gasteiger partial charge in [-0.1, -0.05) is 29.5 Å². The lowest BCUT2D eigenvalue weighted by atomic mass is 10.1. The van der Waals surface area contributed by atoms with Crippen LogP contribution in [0.4, 0.5) is 0 Å². The summed E-state index contributed by atoms with van der Waals surface area (Å²) in [6, 6.07) is 17.5. The number of H-pyrrole nitrogens is 1. The first kappa shape index (κ1) is 20.0. The Hall–Kier alpha value is -4.26. The Morgan fingerprint density at radius 3 is 2.55 bits per heavy atom. The average Bonchev–Trinajstić information content (AvgIpc) is 3.14. The number of halogens is 1. The number of nitrogens with zero attached hydrogens (tertiary/aromatic N) is 2. The summed E-state index contributed by atoms with van der Waals surface area (Å²) in [4.78, 5) is 18.7. The van der Waals surface area contributed by atoms with Crippen molar-refractivity contribution in [1.82, 2.24) is 9.97 Å². The van der Waals surface area contributed by atoms with Crippen molar-refractivity contribution < 1.29 is 14.6 Å². The van der Waals surface area contributed by atoms with Crippen molar-refractivity contribution in [3.63, 3.8) is 0 Å². The summed E-state index contributed by atoms with van der Waals surface area (Å²) >= 11 is 6.36. The molecule has 0 radical (unpaired) electrons. The molecule has 0 amide bonds. The van der Waals surface area contributed by atoms with E-state index in [1.807, 2.05) is 0 Å². The Kier molecular flexibility index (Phi) is 5.32. The van der Waals surface area contributed by atoms with Crippen LogP contribution in [0, 0.1) is 30.1 Å². The minimum Gasteiger partial charge on any atom is -0.478 e. The molecule has 0 aliphatic rings. The van der Waals surface area contributed by atoms with Crippen molar-refractivity contribution in [2.24, 2.45) is 0 Å². The van der Waals surface area contributed by atoms with Gasteiger partial charge in [0.15, 0.2) is 0 Å². The van der Waals surface area contributed by atoms with Crippen LogP contribution in [0.3, 0.4) is 0 Å². The number of carbonyl (C=O) groups is 1. The smallest absolute Gasteiger partial charge is 0.336 e. The second-order valence-corrected chi connectivity index (χ2v) is 7.12. The summed E-state index contributed by atoms with van der Waals surface area (Å²) < 4.78 is 5.70. The van der Waals surface area contributed by atoms with Gasteiger partial charge in [0.25, 0.3) is 6.01 Å². The first-order valence-corrected chi connectivity index (χ1v) is 9.54. The highest BCUT2D eigenvalue weighted by Gasteiger charge is 2.12. The largest absolute Gasteiger partial charge is 0.478 e. The predicted molar refractivity (Wildman–Crippen MR) is 116 cm³/mol. The predicted octanol–water partition coefficient (Wildman–Crippen LogP) is 5.29. The second kappa shape index (κ2) is 8.23. The number of aryl methyl sites for hydroxylation is 1. The highest BCUT2D eigenvalue weighted by molar-refractivity contribution is 6.32. The summed E-state index contributed by atoms with van der Waals surface area (Å²) in [6.45, 7) is 1.72. The maximum atomic E-state index is 11.3. The molecule has 0 unspecified atom stereocenters. The zero-order chi connectivity index (χ0) is 22.0. The molecule has 0 aliphatic heterocycles. The first-order valence-electron chi connectivity index (χ1n) is 9.16. The molecule has 1 aromatic heterocycles. The number of rotatable bonds is 3. The van der Waals surface area contributed by atoms with E-state index >= 15 is 0 Å². The maximum Gasteiger partial charge on any atom is 0.336 e. The lowest BCUT2D eigenvalue weighted by molar-refractivity contribution is 0.0695. The van der Waals surface area contributed by atoms with Crippen LogP contribution in [0.2, 0.25) is 5.02 Å². The number of aromatic carboxylic acids is 1. The SMILES string of the molecule is Cc1ccc(Oc2nc3cc(C#Cc4ccc(C#N)cc4)c(Cl)cc3[nH]2)cc1C(=O)O. The molecule has 4 aromatic rings. The van der Waals surface area contributed by atoms with Gasteiger partial charge in [-0.2, -0.15) is 10.2 Å². The lowest BCUT2D eigenvalue weighted by Crippen LogP contribution is -2.00.